The summed E-state index contributed by atoms with van der Waals surface area (Å²) in [4.78, 5) is 12.0. The number of urea groups is 1. The van der Waals surface area contributed by atoms with Crippen molar-refractivity contribution in [1.82, 2.24) is 5.43 Å². The van der Waals surface area contributed by atoms with Crippen LogP contribution in [0.3, 0.4) is 0 Å². The number of amides is 2. The van der Waals surface area contributed by atoms with Gasteiger partial charge in [0, 0.05) is 5.69 Å². The Balaban J connectivity index is 1.64. The Morgan fingerprint density at radius 2 is 1.90 bits per heavy atom. The monoisotopic (exact) mass is 441 g/mol. The van der Waals surface area contributed by atoms with E-state index in [1.165, 1.54) is 25.5 Å². The average Bonchev–Trinajstić information content (AvgIpc) is 2.75. The highest BCUT2D eigenvalue weighted by atomic mass is 35.5. The van der Waals surface area contributed by atoms with Crippen LogP contribution in [0.2, 0.25) is 5.02 Å². The van der Waals surface area contributed by atoms with Crippen LogP contribution >= 0.6 is 11.6 Å². The summed E-state index contributed by atoms with van der Waals surface area (Å²) in [6.45, 7) is 2.09. The highest BCUT2D eigenvalue weighted by molar-refractivity contribution is 6.32. The molecule has 0 unspecified atom stereocenters. The largest absolute Gasteiger partial charge is 0.493 e. The molecule has 0 aromatic heterocycles. The maximum atomic E-state index is 13.0. The number of hydrogen-bond donors (Lipinski definition) is 2. The molecule has 0 spiro atoms. The van der Waals surface area contributed by atoms with Gasteiger partial charge in [-0.05, 0) is 53.9 Å². The highest BCUT2D eigenvalue weighted by Gasteiger charge is 2.12. The van der Waals surface area contributed by atoms with Crippen molar-refractivity contribution in [3.8, 4) is 11.5 Å². The van der Waals surface area contributed by atoms with Crippen LogP contribution in [0.5, 0.6) is 11.5 Å². The average molecular weight is 442 g/mol. The van der Waals surface area contributed by atoms with Gasteiger partial charge >= 0.3 is 6.03 Å². The fraction of sp³-hybridized carbons (Fsp3) is 0.130. The molecule has 0 atom stereocenters. The quantitative estimate of drug-likeness (QED) is 0.374. The minimum absolute atomic E-state index is 0.199. The molecule has 0 aliphatic carbocycles. The van der Waals surface area contributed by atoms with Crippen LogP contribution in [0, 0.1) is 12.7 Å². The van der Waals surface area contributed by atoms with Gasteiger partial charge in [-0.3, -0.25) is 0 Å². The molecule has 3 aromatic rings. The maximum absolute atomic E-state index is 13.0. The van der Waals surface area contributed by atoms with E-state index in [2.05, 4.69) is 15.8 Å². The number of para-hydroxylation sites is 1. The molecular formula is C23H21ClFN3O3. The number of hydrazone groups is 1. The molecule has 8 heteroatoms. The summed E-state index contributed by atoms with van der Waals surface area (Å²) in [5.41, 5.74) is 5.43. The Hall–Kier alpha value is -3.58. The molecule has 0 fully saturated rings. The van der Waals surface area contributed by atoms with Crippen molar-refractivity contribution in [3.63, 3.8) is 0 Å². The number of nitrogens with one attached hydrogen (secondary N) is 2. The first-order valence-corrected chi connectivity index (χ1v) is 9.74. The molecule has 0 aliphatic heterocycles. The number of ether oxygens (including phenoxy) is 2. The van der Waals surface area contributed by atoms with Crippen LogP contribution in [0.1, 0.15) is 16.7 Å². The molecule has 6 nitrogen and oxygen atoms in total. The van der Waals surface area contributed by atoms with Gasteiger partial charge in [0.1, 0.15) is 12.4 Å². The Bertz CT molecular complexity index is 1090. The summed E-state index contributed by atoms with van der Waals surface area (Å²) in [6.07, 6.45) is 1.44. The van der Waals surface area contributed by atoms with E-state index in [9.17, 15) is 9.18 Å². The Kier molecular flexibility index (Phi) is 7.45. The van der Waals surface area contributed by atoms with Crippen LogP contribution in [0.4, 0.5) is 14.9 Å². The topological polar surface area (TPSA) is 72.0 Å². The standard InChI is InChI=1S/C23H21ClFN3O3/c1-15-5-3-4-6-20(15)27-23(29)28-26-13-17-11-19(24)22(21(12-17)30-2)31-14-16-7-9-18(25)10-8-16/h3-13H,14H2,1-2H3,(H2,27,28,29). The molecule has 31 heavy (non-hydrogen) atoms. The second-order valence-corrected chi connectivity index (χ2v) is 7.00. The first-order valence-electron chi connectivity index (χ1n) is 9.36. The van der Waals surface area contributed by atoms with Crippen LogP contribution in [-0.4, -0.2) is 19.4 Å². The normalized spacial score (nSPS) is 10.7. The molecule has 3 rings (SSSR count). The van der Waals surface area contributed by atoms with Crippen LogP contribution in [-0.2, 0) is 6.61 Å². The van der Waals surface area contributed by atoms with E-state index in [-0.39, 0.29) is 12.4 Å². The zero-order chi connectivity index (χ0) is 22.2. The van der Waals surface area contributed by atoms with E-state index in [0.717, 1.165) is 11.1 Å². The van der Waals surface area contributed by atoms with Crippen LogP contribution in [0.15, 0.2) is 65.8 Å². The summed E-state index contributed by atoms with van der Waals surface area (Å²) in [5.74, 6) is 0.445. The predicted octanol–water partition coefficient (Wildman–Crippen LogP) is 5.53. The lowest BCUT2D eigenvalue weighted by Crippen LogP contribution is -2.24. The van der Waals surface area contributed by atoms with Gasteiger partial charge in [-0.15, -0.1) is 0 Å². The van der Waals surface area contributed by atoms with Gasteiger partial charge in [0.05, 0.1) is 18.3 Å². The molecule has 2 N–H and O–H groups in total. The predicted molar refractivity (Wildman–Crippen MR) is 120 cm³/mol. The molecule has 160 valence electrons. The molecule has 0 saturated heterocycles. The molecule has 0 aliphatic rings. The van der Waals surface area contributed by atoms with Gasteiger partial charge < -0.3 is 14.8 Å². The molecule has 0 saturated carbocycles. The number of anilines is 1. The second kappa shape index (κ2) is 10.4. The van der Waals surface area contributed by atoms with E-state index < -0.39 is 6.03 Å². The van der Waals surface area contributed by atoms with Crippen molar-refractivity contribution in [2.45, 2.75) is 13.5 Å². The summed E-state index contributed by atoms with van der Waals surface area (Å²) < 4.78 is 24.2. The van der Waals surface area contributed by atoms with Crippen molar-refractivity contribution >= 4 is 29.5 Å². The lowest BCUT2D eigenvalue weighted by Gasteiger charge is -2.13. The van der Waals surface area contributed by atoms with Gasteiger partial charge in [0.2, 0.25) is 0 Å². The Labute approximate surface area is 184 Å². The summed E-state index contributed by atoms with van der Waals surface area (Å²) in [6, 6.07) is 16.2. The highest BCUT2D eigenvalue weighted by Crippen LogP contribution is 2.36. The third-order valence-electron chi connectivity index (χ3n) is 4.32. The number of carbonyl (C=O) groups is 1. The minimum Gasteiger partial charge on any atom is -0.493 e. The molecule has 2 amide bonds. The fourth-order valence-electron chi connectivity index (χ4n) is 2.72. The third-order valence-corrected chi connectivity index (χ3v) is 4.60. The first-order chi connectivity index (χ1) is 15.0. The Morgan fingerprint density at radius 1 is 1.16 bits per heavy atom. The summed E-state index contributed by atoms with van der Waals surface area (Å²) in [5, 5.41) is 6.97. The number of hydrogen-bond acceptors (Lipinski definition) is 4. The zero-order valence-electron chi connectivity index (χ0n) is 17.0. The number of carbonyl (C=O) groups excluding carboxylic acids is 1. The van der Waals surface area contributed by atoms with Gasteiger partial charge in [-0.2, -0.15) is 5.10 Å². The molecule has 0 heterocycles. The number of nitrogens with zero attached hydrogens (tertiary/aromatic N) is 1. The SMILES string of the molecule is COc1cc(C=NNC(=O)Nc2ccccc2C)cc(Cl)c1OCc1ccc(F)cc1. The Morgan fingerprint density at radius 3 is 2.61 bits per heavy atom. The second-order valence-electron chi connectivity index (χ2n) is 6.59. The van der Waals surface area contributed by atoms with E-state index in [1.54, 1.807) is 30.3 Å². The minimum atomic E-state index is -0.470. The van der Waals surface area contributed by atoms with Crippen molar-refractivity contribution in [2.24, 2.45) is 5.10 Å². The molecule has 0 radical (unpaired) electrons. The summed E-state index contributed by atoms with van der Waals surface area (Å²) in [7, 11) is 1.49. The fourth-order valence-corrected chi connectivity index (χ4v) is 2.99. The number of aryl methyl sites for hydroxylation is 1. The van der Waals surface area contributed by atoms with E-state index in [4.69, 9.17) is 21.1 Å². The van der Waals surface area contributed by atoms with Crippen molar-refractivity contribution < 1.29 is 18.7 Å². The zero-order valence-corrected chi connectivity index (χ0v) is 17.7. The molecule has 3 aromatic carbocycles. The van der Waals surface area contributed by atoms with Gasteiger partial charge in [-0.1, -0.05) is 41.9 Å². The lowest BCUT2D eigenvalue weighted by atomic mass is 10.2. The first kappa shape index (κ1) is 22.1. The van der Waals surface area contributed by atoms with Crippen molar-refractivity contribution in [3.05, 3.63) is 88.2 Å². The van der Waals surface area contributed by atoms with Gasteiger partial charge in [0.15, 0.2) is 11.5 Å². The number of rotatable bonds is 7. The van der Waals surface area contributed by atoms with Crippen molar-refractivity contribution in [1.29, 1.82) is 0 Å². The summed E-state index contributed by atoms with van der Waals surface area (Å²) >= 11 is 6.34. The maximum Gasteiger partial charge on any atom is 0.339 e. The number of methoxy groups -OCH3 is 1. The molecular weight excluding hydrogens is 421 g/mol. The smallest absolute Gasteiger partial charge is 0.339 e. The van der Waals surface area contributed by atoms with Crippen LogP contribution in [0.25, 0.3) is 0 Å². The van der Waals surface area contributed by atoms with E-state index >= 15 is 0 Å². The number of halogens is 2. The van der Waals surface area contributed by atoms with E-state index in [0.29, 0.717) is 27.8 Å². The lowest BCUT2D eigenvalue weighted by molar-refractivity contribution is 0.252. The third kappa shape index (κ3) is 6.20. The van der Waals surface area contributed by atoms with Crippen molar-refractivity contribution in [2.75, 3.05) is 12.4 Å². The number of benzene rings is 3. The van der Waals surface area contributed by atoms with Gasteiger partial charge in [-0.25, -0.2) is 14.6 Å². The van der Waals surface area contributed by atoms with E-state index in [1.807, 2.05) is 25.1 Å². The van der Waals surface area contributed by atoms with Crippen LogP contribution < -0.4 is 20.2 Å². The molecule has 0 bridgehead atoms. The van der Waals surface area contributed by atoms with Gasteiger partial charge in [0.25, 0.3) is 0 Å².